The molecule has 4 aromatic rings. The summed E-state index contributed by atoms with van der Waals surface area (Å²) < 4.78 is 44.6. The van der Waals surface area contributed by atoms with Crippen LogP contribution in [0, 0.1) is 11.3 Å². The SMILES string of the molecule is N#Cc1ccc(Cn2cncc2CN2CCC3(CC2)C(=O)N(Cc2cccc(OC(F)(F)F)c2)CN3c2ccccc2)cc1. The molecule has 11 heteroatoms. The summed E-state index contributed by atoms with van der Waals surface area (Å²) in [6.45, 7) is 3.23. The third-order valence-corrected chi connectivity index (χ3v) is 8.39. The topological polar surface area (TPSA) is 77.6 Å². The van der Waals surface area contributed by atoms with Gasteiger partial charge in [-0.05, 0) is 60.4 Å². The van der Waals surface area contributed by atoms with Gasteiger partial charge in [0.1, 0.15) is 11.3 Å². The number of carbonyl (C=O) groups excluding carboxylic acids is 1. The molecule has 0 saturated carbocycles. The van der Waals surface area contributed by atoms with E-state index in [4.69, 9.17) is 5.26 Å². The molecule has 0 bridgehead atoms. The number of nitrogens with zero attached hydrogens (tertiary/aromatic N) is 6. The predicted octanol–water partition coefficient (Wildman–Crippen LogP) is 5.54. The van der Waals surface area contributed by atoms with E-state index < -0.39 is 11.9 Å². The van der Waals surface area contributed by atoms with E-state index in [-0.39, 0.29) is 18.2 Å². The van der Waals surface area contributed by atoms with Gasteiger partial charge in [0.25, 0.3) is 0 Å². The van der Waals surface area contributed by atoms with Crippen LogP contribution in [0.2, 0.25) is 0 Å². The van der Waals surface area contributed by atoms with E-state index in [0.29, 0.717) is 56.8 Å². The van der Waals surface area contributed by atoms with Gasteiger partial charge in [0.2, 0.25) is 5.91 Å². The van der Waals surface area contributed by atoms with Crippen LogP contribution in [0.15, 0.2) is 91.4 Å². The van der Waals surface area contributed by atoms with Crippen molar-refractivity contribution in [2.75, 3.05) is 24.7 Å². The number of nitriles is 1. The molecule has 3 heterocycles. The lowest BCUT2D eigenvalue weighted by Crippen LogP contribution is -2.56. The molecule has 2 aliphatic rings. The Bertz CT molecular complexity index is 1640. The summed E-state index contributed by atoms with van der Waals surface area (Å²) in [7, 11) is 0. The van der Waals surface area contributed by atoms with Crippen LogP contribution in [0.1, 0.15) is 35.2 Å². The van der Waals surface area contributed by atoms with Gasteiger partial charge >= 0.3 is 6.36 Å². The first-order chi connectivity index (χ1) is 21.2. The second-order valence-electron chi connectivity index (χ2n) is 11.2. The summed E-state index contributed by atoms with van der Waals surface area (Å²) in [4.78, 5) is 24.7. The standard InChI is InChI=1S/C33H31F3N6O2/c34-33(35,36)44-30-8-4-5-27(17-30)21-41-24-42(28-6-2-1-3-7-28)32(31(41)43)13-15-39(16-14-32)22-29-19-38-23-40(29)20-26-11-9-25(18-37)10-12-26/h1-12,17,19,23H,13-16,20-22,24H2. The largest absolute Gasteiger partial charge is 0.573 e. The lowest BCUT2D eigenvalue weighted by Gasteiger charge is -2.43. The number of alkyl halides is 3. The van der Waals surface area contributed by atoms with Crippen molar-refractivity contribution in [2.45, 2.75) is 44.4 Å². The molecule has 6 rings (SSSR count). The molecule has 226 valence electrons. The van der Waals surface area contributed by atoms with Crippen LogP contribution in [0.25, 0.3) is 0 Å². The van der Waals surface area contributed by atoms with E-state index in [1.165, 1.54) is 18.2 Å². The Hall–Kier alpha value is -4.82. The Kier molecular flexibility index (Phi) is 8.01. The predicted molar refractivity (Wildman–Crippen MR) is 157 cm³/mol. The number of anilines is 1. The Morgan fingerprint density at radius 3 is 2.36 bits per heavy atom. The van der Waals surface area contributed by atoms with E-state index in [2.05, 4.69) is 30.2 Å². The summed E-state index contributed by atoms with van der Waals surface area (Å²) in [5, 5.41) is 9.07. The number of piperidine rings is 1. The second-order valence-corrected chi connectivity index (χ2v) is 11.2. The molecule has 44 heavy (non-hydrogen) atoms. The molecular weight excluding hydrogens is 569 g/mol. The maximum atomic E-state index is 14.1. The first-order valence-corrected chi connectivity index (χ1v) is 14.4. The van der Waals surface area contributed by atoms with Crippen LogP contribution in [0.4, 0.5) is 18.9 Å². The first kappa shape index (κ1) is 29.3. The minimum absolute atomic E-state index is 0.0194. The molecule has 1 spiro atoms. The monoisotopic (exact) mass is 600 g/mol. The smallest absolute Gasteiger partial charge is 0.406 e. The maximum Gasteiger partial charge on any atom is 0.573 e. The van der Waals surface area contributed by atoms with Gasteiger partial charge < -0.3 is 19.1 Å². The molecule has 2 aliphatic heterocycles. The maximum absolute atomic E-state index is 14.1. The fourth-order valence-corrected chi connectivity index (χ4v) is 6.20. The molecule has 2 fully saturated rings. The third kappa shape index (κ3) is 6.26. The normalized spacial score (nSPS) is 16.8. The van der Waals surface area contributed by atoms with Crippen LogP contribution >= 0.6 is 0 Å². The number of hydrogen-bond donors (Lipinski definition) is 0. The van der Waals surface area contributed by atoms with Gasteiger partial charge in [-0.3, -0.25) is 9.69 Å². The number of hydrogen-bond acceptors (Lipinski definition) is 6. The number of benzene rings is 3. The Balaban J connectivity index is 1.16. The molecule has 0 radical (unpaired) electrons. The van der Waals surface area contributed by atoms with Crippen LogP contribution < -0.4 is 9.64 Å². The summed E-state index contributed by atoms with van der Waals surface area (Å²) in [5.74, 6) is -0.322. The fourth-order valence-electron chi connectivity index (χ4n) is 6.20. The number of rotatable bonds is 8. The number of carbonyl (C=O) groups is 1. The van der Waals surface area contributed by atoms with Crippen LogP contribution in [-0.2, 0) is 24.4 Å². The molecule has 1 amide bonds. The zero-order valence-corrected chi connectivity index (χ0v) is 24.0. The van der Waals surface area contributed by atoms with Crippen molar-refractivity contribution < 1.29 is 22.7 Å². The summed E-state index contributed by atoms with van der Waals surface area (Å²) >= 11 is 0. The van der Waals surface area contributed by atoms with Crippen molar-refractivity contribution in [1.82, 2.24) is 19.4 Å². The van der Waals surface area contributed by atoms with Crippen molar-refractivity contribution in [3.8, 4) is 11.8 Å². The molecule has 0 unspecified atom stereocenters. The van der Waals surface area contributed by atoms with Gasteiger partial charge in [-0.2, -0.15) is 5.26 Å². The van der Waals surface area contributed by atoms with E-state index in [1.54, 1.807) is 11.0 Å². The van der Waals surface area contributed by atoms with E-state index in [9.17, 15) is 18.0 Å². The lowest BCUT2D eigenvalue weighted by atomic mass is 9.85. The highest BCUT2D eigenvalue weighted by Gasteiger charge is 2.53. The van der Waals surface area contributed by atoms with Crippen molar-refractivity contribution in [1.29, 1.82) is 5.26 Å². The molecule has 2 saturated heterocycles. The lowest BCUT2D eigenvalue weighted by molar-refractivity contribution is -0.274. The van der Waals surface area contributed by atoms with Gasteiger partial charge in [-0.15, -0.1) is 13.2 Å². The number of likely N-dealkylation sites (tertiary alicyclic amines) is 1. The average molecular weight is 601 g/mol. The minimum atomic E-state index is -4.79. The number of aromatic nitrogens is 2. The fraction of sp³-hybridized carbons (Fsp3) is 0.303. The Morgan fingerprint density at radius 1 is 0.909 bits per heavy atom. The average Bonchev–Trinajstić information content (AvgIpc) is 3.55. The summed E-state index contributed by atoms with van der Waals surface area (Å²) in [5.41, 5.74) is 3.51. The number of amides is 1. The Labute approximate surface area is 253 Å². The molecule has 3 aromatic carbocycles. The molecule has 8 nitrogen and oxygen atoms in total. The number of imidazole rings is 1. The molecule has 0 atom stereocenters. The third-order valence-electron chi connectivity index (χ3n) is 8.39. The van der Waals surface area contributed by atoms with Crippen LogP contribution in [-0.4, -0.2) is 56.9 Å². The highest BCUT2D eigenvalue weighted by atomic mass is 19.4. The van der Waals surface area contributed by atoms with Gasteiger partial charge in [0.15, 0.2) is 0 Å². The van der Waals surface area contributed by atoms with Gasteiger partial charge in [-0.25, -0.2) is 4.98 Å². The van der Waals surface area contributed by atoms with Crippen molar-refractivity contribution in [3.63, 3.8) is 0 Å². The summed E-state index contributed by atoms with van der Waals surface area (Å²) in [6, 6.07) is 25.3. The van der Waals surface area contributed by atoms with Gasteiger partial charge in [-0.1, -0.05) is 42.5 Å². The number of para-hydroxylation sites is 1. The number of ether oxygens (including phenoxy) is 1. The quantitative estimate of drug-likeness (QED) is 0.264. The Morgan fingerprint density at radius 2 is 1.66 bits per heavy atom. The van der Waals surface area contributed by atoms with Crippen molar-refractivity contribution in [3.05, 3.63) is 114 Å². The minimum Gasteiger partial charge on any atom is -0.406 e. The second kappa shape index (κ2) is 12.1. The summed E-state index contributed by atoms with van der Waals surface area (Å²) in [6.07, 6.45) is 0.106. The highest BCUT2D eigenvalue weighted by molar-refractivity contribution is 5.93. The highest BCUT2D eigenvalue weighted by Crippen LogP contribution is 2.40. The van der Waals surface area contributed by atoms with E-state index in [1.807, 2.05) is 67.1 Å². The van der Waals surface area contributed by atoms with Crippen molar-refractivity contribution >= 4 is 11.6 Å². The zero-order chi connectivity index (χ0) is 30.7. The number of halogens is 3. The molecular formula is C33H31F3N6O2. The first-order valence-electron chi connectivity index (χ1n) is 14.4. The zero-order valence-electron chi connectivity index (χ0n) is 24.0. The van der Waals surface area contributed by atoms with Crippen LogP contribution in [0.3, 0.4) is 0 Å². The molecule has 0 N–H and O–H groups in total. The van der Waals surface area contributed by atoms with Crippen molar-refractivity contribution in [2.24, 2.45) is 0 Å². The van der Waals surface area contributed by atoms with E-state index in [0.717, 1.165) is 16.9 Å². The molecule has 1 aromatic heterocycles. The van der Waals surface area contributed by atoms with Gasteiger partial charge in [0, 0.05) is 44.6 Å². The van der Waals surface area contributed by atoms with Gasteiger partial charge in [0.05, 0.1) is 30.3 Å². The van der Waals surface area contributed by atoms with Crippen LogP contribution in [0.5, 0.6) is 5.75 Å². The molecule has 0 aliphatic carbocycles. The van der Waals surface area contributed by atoms with E-state index >= 15 is 0 Å².